The fourth-order valence-electron chi connectivity index (χ4n) is 1.96. The summed E-state index contributed by atoms with van der Waals surface area (Å²) in [4.78, 5) is 11.4. The second-order valence-electron chi connectivity index (χ2n) is 3.75. The Morgan fingerprint density at radius 1 is 1.33 bits per heavy atom. The Hall–Kier alpha value is -0.370. The first-order valence-electron chi connectivity index (χ1n) is 4.81. The van der Waals surface area contributed by atoms with Crippen LogP contribution in [0.15, 0.2) is 0 Å². The predicted octanol–water partition coefficient (Wildman–Crippen LogP) is 2.17. The molecule has 0 bridgehead atoms. The SMILES string of the molecule is CCC(=O)C1C[C@@H](C)O[C@@H](C)C1. The Morgan fingerprint density at radius 3 is 2.25 bits per heavy atom. The van der Waals surface area contributed by atoms with Gasteiger partial charge in [0.15, 0.2) is 0 Å². The van der Waals surface area contributed by atoms with Crippen molar-refractivity contribution in [3.63, 3.8) is 0 Å². The maximum atomic E-state index is 11.4. The lowest BCUT2D eigenvalue weighted by atomic mass is 9.88. The first-order valence-corrected chi connectivity index (χ1v) is 4.81. The molecule has 1 saturated heterocycles. The van der Waals surface area contributed by atoms with Gasteiger partial charge in [-0.2, -0.15) is 0 Å². The van der Waals surface area contributed by atoms with E-state index in [1.165, 1.54) is 0 Å². The summed E-state index contributed by atoms with van der Waals surface area (Å²) in [5, 5.41) is 0. The van der Waals surface area contributed by atoms with Crippen LogP contribution in [0.3, 0.4) is 0 Å². The number of ketones is 1. The van der Waals surface area contributed by atoms with E-state index in [2.05, 4.69) is 0 Å². The first kappa shape index (κ1) is 9.72. The molecule has 1 unspecified atom stereocenters. The van der Waals surface area contributed by atoms with Gasteiger partial charge in [0, 0.05) is 12.3 Å². The van der Waals surface area contributed by atoms with Crippen LogP contribution in [0.5, 0.6) is 0 Å². The zero-order valence-electron chi connectivity index (χ0n) is 8.17. The molecule has 12 heavy (non-hydrogen) atoms. The van der Waals surface area contributed by atoms with Crippen molar-refractivity contribution < 1.29 is 9.53 Å². The smallest absolute Gasteiger partial charge is 0.135 e. The maximum Gasteiger partial charge on any atom is 0.135 e. The van der Waals surface area contributed by atoms with Gasteiger partial charge in [0.2, 0.25) is 0 Å². The van der Waals surface area contributed by atoms with Gasteiger partial charge in [0.05, 0.1) is 12.2 Å². The van der Waals surface area contributed by atoms with Crippen molar-refractivity contribution in [1.82, 2.24) is 0 Å². The minimum Gasteiger partial charge on any atom is -0.376 e. The molecule has 1 fully saturated rings. The summed E-state index contributed by atoms with van der Waals surface area (Å²) in [5.41, 5.74) is 0. The highest BCUT2D eigenvalue weighted by Crippen LogP contribution is 2.25. The molecule has 1 rings (SSSR count). The van der Waals surface area contributed by atoms with Crippen LogP contribution >= 0.6 is 0 Å². The van der Waals surface area contributed by atoms with Crippen LogP contribution in [0.4, 0.5) is 0 Å². The van der Waals surface area contributed by atoms with Crippen LogP contribution in [0, 0.1) is 5.92 Å². The lowest BCUT2D eigenvalue weighted by Crippen LogP contribution is -2.33. The number of Topliss-reactive ketones (excluding diaryl/α,β-unsaturated/α-hetero) is 1. The third kappa shape index (κ3) is 2.31. The van der Waals surface area contributed by atoms with E-state index in [1.54, 1.807) is 0 Å². The molecule has 3 atom stereocenters. The average molecular weight is 170 g/mol. The van der Waals surface area contributed by atoms with Crippen LogP contribution in [-0.4, -0.2) is 18.0 Å². The van der Waals surface area contributed by atoms with E-state index in [9.17, 15) is 4.79 Å². The molecule has 2 heteroatoms. The van der Waals surface area contributed by atoms with E-state index in [4.69, 9.17) is 4.74 Å². The zero-order chi connectivity index (χ0) is 9.14. The summed E-state index contributed by atoms with van der Waals surface area (Å²) in [6.07, 6.45) is 3.02. The number of ether oxygens (including phenoxy) is 1. The second kappa shape index (κ2) is 4.04. The van der Waals surface area contributed by atoms with E-state index in [1.807, 2.05) is 20.8 Å². The van der Waals surface area contributed by atoms with E-state index in [-0.39, 0.29) is 18.1 Å². The summed E-state index contributed by atoms with van der Waals surface area (Å²) >= 11 is 0. The highest BCUT2D eigenvalue weighted by molar-refractivity contribution is 5.80. The molecule has 1 heterocycles. The van der Waals surface area contributed by atoms with Gasteiger partial charge in [-0.15, -0.1) is 0 Å². The number of carbonyl (C=O) groups excluding carboxylic acids is 1. The summed E-state index contributed by atoms with van der Waals surface area (Å²) in [7, 11) is 0. The van der Waals surface area contributed by atoms with E-state index < -0.39 is 0 Å². The lowest BCUT2D eigenvalue weighted by Gasteiger charge is -2.30. The minimum atomic E-state index is 0.258. The minimum absolute atomic E-state index is 0.258. The van der Waals surface area contributed by atoms with Crippen LogP contribution < -0.4 is 0 Å². The molecular formula is C10H18O2. The largest absolute Gasteiger partial charge is 0.376 e. The molecule has 0 radical (unpaired) electrons. The number of hydrogen-bond donors (Lipinski definition) is 0. The van der Waals surface area contributed by atoms with Crippen molar-refractivity contribution in [2.75, 3.05) is 0 Å². The molecule has 0 aromatic heterocycles. The standard InChI is InChI=1S/C10H18O2/c1-4-10(11)9-5-7(2)12-8(3)6-9/h7-9H,4-6H2,1-3H3/t7-,8+,9?. The number of rotatable bonds is 2. The van der Waals surface area contributed by atoms with Crippen molar-refractivity contribution >= 4 is 5.78 Å². The molecule has 0 spiro atoms. The van der Waals surface area contributed by atoms with Crippen LogP contribution in [-0.2, 0) is 9.53 Å². The second-order valence-corrected chi connectivity index (χ2v) is 3.75. The highest BCUT2D eigenvalue weighted by Gasteiger charge is 2.28. The third-order valence-electron chi connectivity index (χ3n) is 2.50. The van der Waals surface area contributed by atoms with E-state index >= 15 is 0 Å². The fraction of sp³-hybridized carbons (Fsp3) is 0.900. The Labute approximate surface area is 74.3 Å². The average Bonchev–Trinajstić information content (AvgIpc) is 2.01. The van der Waals surface area contributed by atoms with Gasteiger partial charge in [-0.1, -0.05) is 6.92 Å². The van der Waals surface area contributed by atoms with Gasteiger partial charge in [-0.3, -0.25) is 4.79 Å². The summed E-state index contributed by atoms with van der Waals surface area (Å²) in [6, 6.07) is 0. The Kier molecular flexibility index (Phi) is 3.27. The normalized spacial score (nSPS) is 36.4. The number of carbonyl (C=O) groups is 1. The van der Waals surface area contributed by atoms with Crippen molar-refractivity contribution in [2.45, 2.75) is 52.2 Å². The molecule has 0 aromatic rings. The van der Waals surface area contributed by atoms with Gasteiger partial charge < -0.3 is 4.74 Å². The fourth-order valence-corrected chi connectivity index (χ4v) is 1.96. The van der Waals surface area contributed by atoms with Crippen molar-refractivity contribution in [3.05, 3.63) is 0 Å². The Balaban J connectivity index is 2.49. The summed E-state index contributed by atoms with van der Waals surface area (Å²) in [6.45, 7) is 6.03. The van der Waals surface area contributed by atoms with E-state index in [0.29, 0.717) is 12.2 Å². The molecule has 0 N–H and O–H groups in total. The van der Waals surface area contributed by atoms with Gasteiger partial charge in [0.25, 0.3) is 0 Å². The monoisotopic (exact) mass is 170 g/mol. The quantitative estimate of drug-likeness (QED) is 0.635. The molecule has 1 aliphatic heterocycles. The highest BCUT2D eigenvalue weighted by atomic mass is 16.5. The first-order chi connectivity index (χ1) is 5.63. The Morgan fingerprint density at radius 2 is 1.83 bits per heavy atom. The van der Waals surface area contributed by atoms with Crippen LogP contribution in [0.25, 0.3) is 0 Å². The molecule has 0 aliphatic carbocycles. The predicted molar refractivity (Wildman–Crippen MR) is 48.0 cm³/mol. The van der Waals surface area contributed by atoms with E-state index in [0.717, 1.165) is 12.8 Å². The number of hydrogen-bond acceptors (Lipinski definition) is 2. The van der Waals surface area contributed by atoms with Crippen molar-refractivity contribution in [1.29, 1.82) is 0 Å². The van der Waals surface area contributed by atoms with Gasteiger partial charge >= 0.3 is 0 Å². The van der Waals surface area contributed by atoms with Gasteiger partial charge in [-0.25, -0.2) is 0 Å². The molecule has 2 nitrogen and oxygen atoms in total. The Bertz CT molecular complexity index is 155. The van der Waals surface area contributed by atoms with Crippen LogP contribution in [0.2, 0.25) is 0 Å². The van der Waals surface area contributed by atoms with Crippen LogP contribution in [0.1, 0.15) is 40.0 Å². The molecule has 0 saturated carbocycles. The van der Waals surface area contributed by atoms with Crippen molar-refractivity contribution in [3.8, 4) is 0 Å². The molecule has 0 aromatic carbocycles. The summed E-state index contributed by atoms with van der Waals surface area (Å²) in [5.74, 6) is 0.658. The topological polar surface area (TPSA) is 26.3 Å². The molecular weight excluding hydrogens is 152 g/mol. The third-order valence-corrected chi connectivity index (χ3v) is 2.50. The molecule has 0 amide bonds. The molecule has 1 aliphatic rings. The molecule has 70 valence electrons. The summed E-state index contributed by atoms with van der Waals surface area (Å²) < 4.78 is 5.56. The van der Waals surface area contributed by atoms with Crippen molar-refractivity contribution in [2.24, 2.45) is 5.92 Å². The van der Waals surface area contributed by atoms with Gasteiger partial charge in [0.1, 0.15) is 5.78 Å². The maximum absolute atomic E-state index is 11.4. The zero-order valence-corrected chi connectivity index (χ0v) is 8.17. The van der Waals surface area contributed by atoms with Gasteiger partial charge in [-0.05, 0) is 26.7 Å². The lowest BCUT2D eigenvalue weighted by molar-refractivity contribution is -0.130.